The number of morpholine rings is 1. The Bertz CT molecular complexity index is 567. The first-order valence-electron chi connectivity index (χ1n) is 7.95. The fraction of sp³-hybridized carbons (Fsp3) is 0.529. The molecule has 2 aliphatic heterocycles. The average molecular weight is 302 g/mol. The molecule has 2 aliphatic rings. The first-order chi connectivity index (χ1) is 10.7. The zero-order chi connectivity index (χ0) is 15.5. The van der Waals surface area contributed by atoms with Gasteiger partial charge < -0.3 is 14.5 Å². The van der Waals surface area contributed by atoms with E-state index in [-0.39, 0.29) is 17.7 Å². The molecule has 22 heavy (non-hydrogen) atoms. The molecule has 2 amide bonds. The van der Waals surface area contributed by atoms with Gasteiger partial charge >= 0.3 is 0 Å². The standard InChI is InChI=1S/C17H22N2O3/c1-2-13-5-3-4-6-15(13)19-12-14(11-16(19)20)17(21)18-7-9-22-10-8-18/h3-6,14H,2,7-12H2,1H3/t14-/m1/s1. The van der Waals surface area contributed by atoms with Crippen molar-refractivity contribution >= 4 is 17.5 Å². The van der Waals surface area contributed by atoms with Crippen LogP contribution in [-0.4, -0.2) is 49.6 Å². The van der Waals surface area contributed by atoms with Crippen LogP contribution in [0.4, 0.5) is 5.69 Å². The van der Waals surface area contributed by atoms with Crippen LogP contribution in [0.2, 0.25) is 0 Å². The van der Waals surface area contributed by atoms with Crippen molar-refractivity contribution in [3.05, 3.63) is 29.8 Å². The monoisotopic (exact) mass is 302 g/mol. The number of anilines is 1. The minimum atomic E-state index is -0.226. The zero-order valence-corrected chi connectivity index (χ0v) is 13.0. The first kappa shape index (κ1) is 15.0. The van der Waals surface area contributed by atoms with Gasteiger partial charge in [-0.3, -0.25) is 9.59 Å². The lowest BCUT2D eigenvalue weighted by Gasteiger charge is -2.29. The molecule has 1 atom stereocenters. The Balaban J connectivity index is 1.74. The number of nitrogens with zero attached hydrogens (tertiary/aromatic N) is 2. The maximum absolute atomic E-state index is 12.6. The summed E-state index contributed by atoms with van der Waals surface area (Å²) in [5, 5.41) is 0. The largest absolute Gasteiger partial charge is 0.378 e. The number of para-hydroxylation sites is 1. The highest BCUT2D eigenvalue weighted by Gasteiger charge is 2.37. The molecule has 0 unspecified atom stereocenters. The van der Waals surface area contributed by atoms with E-state index < -0.39 is 0 Å². The lowest BCUT2D eigenvalue weighted by molar-refractivity contribution is -0.139. The number of ether oxygens (including phenoxy) is 1. The molecule has 1 aromatic carbocycles. The van der Waals surface area contributed by atoms with Crippen LogP contribution in [0.25, 0.3) is 0 Å². The van der Waals surface area contributed by atoms with Gasteiger partial charge in [0.1, 0.15) is 0 Å². The fourth-order valence-corrected chi connectivity index (χ4v) is 3.22. The third-order valence-electron chi connectivity index (χ3n) is 4.46. The molecule has 0 aromatic heterocycles. The van der Waals surface area contributed by atoms with Gasteiger partial charge in [0.05, 0.1) is 19.1 Å². The van der Waals surface area contributed by atoms with Crippen molar-refractivity contribution in [1.82, 2.24) is 4.90 Å². The summed E-state index contributed by atoms with van der Waals surface area (Å²) >= 11 is 0. The number of carbonyl (C=O) groups excluding carboxylic acids is 2. The number of amides is 2. The molecule has 2 saturated heterocycles. The van der Waals surface area contributed by atoms with Crippen LogP contribution < -0.4 is 4.90 Å². The van der Waals surface area contributed by atoms with Crippen molar-refractivity contribution in [3.8, 4) is 0 Å². The Hall–Kier alpha value is -1.88. The molecule has 0 N–H and O–H groups in total. The van der Waals surface area contributed by atoms with Crippen LogP contribution in [0.5, 0.6) is 0 Å². The van der Waals surface area contributed by atoms with E-state index in [2.05, 4.69) is 6.92 Å². The van der Waals surface area contributed by atoms with Crippen molar-refractivity contribution in [1.29, 1.82) is 0 Å². The Morgan fingerprint density at radius 1 is 1.27 bits per heavy atom. The predicted octanol–water partition coefficient (Wildman–Crippen LogP) is 1.46. The maximum atomic E-state index is 12.6. The van der Waals surface area contributed by atoms with E-state index in [1.54, 1.807) is 4.90 Å². The Morgan fingerprint density at radius 3 is 2.73 bits per heavy atom. The van der Waals surface area contributed by atoms with Gasteiger partial charge in [-0.25, -0.2) is 0 Å². The molecule has 0 bridgehead atoms. The smallest absolute Gasteiger partial charge is 0.228 e. The minimum Gasteiger partial charge on any atom is -0.378 e. The van der Waals surface area contributed by atoms with Gasteiger partial charge in [0.2, 0.25) is 11.8 Å². The number of carbonyl (C=O) groups is 2. The summed E-state index contributed by atoms with van der Waals surface area (Å²) in [6.07, 6.45) is 1.19. The average Bonchev–Trinajstić information content (AvgIpc) is 2.96. The number of aryl methyl sites for hydroxylation is 1. The highest BCUT2D eigenvalue weighted by atomic mass is 16.5. The van der Waals surface area contributed by atoms with E-state index in [1.165, 1.54) is 0 Å². The summed E-state index contributed by atoms with van der Waals surface area (Å²) in [7, 11) is 0. The molecule has 5 nitrogen and oxygen atoms in total. The van der Waals surface area contributed by atoms with Gasteiger partial charge in [-0.15, -0.1) is 0 Å². The molecule has 5 heteroatoms. The lowest BCUT2D eigenvalue weighted by atomic mass is 10.1. The number of hydrogen-bond acceptors (Lipinski definition) is 3. The van der Waals surface area contributed by atoms with E-state index in [0.717, 1.165) is 17.7 Å². The van der Waals surface area contributed by atoms with Crippen LogP contribution in [0.1, 0.15) is 18.9 Å². The molecule has 0 spiro atoms. The zero-order valence-electron chi connectivity index (χ0n) is 13.0. The normalized spacial score (nSPS) is 22.2. The molecular formula is C17H22N2O3. The topological polar surface area (TPSA) is 49.9 Å². The molecular weight excluding hydrogens is 280 g/mol. The number of benzene rings is 1. The minimum absolute atomic E-state index is 0.0486. The molecule has 0 radical (unpaired) electrons. The van der Waals surface area contributed by atoms with Crippen LogP contribution in [0.3, 0.4) is 0 Å². The van der Waals surface area contributed by atoms with E-state index >= 15 is 0 Å². The Morgan fingerprint density at radius 2 is 2.00 bits per heavy atom. The summed E-state index contributed by atoms with van der Waals surface area (Å²) in [5.41, 5.74) is 2.10. The maximum Gasteiger partial charge on any atom is 0.228 e. The summed E-state index contributed by atoms with van der Waals surface area (Å²) in [6, 6.07) is 7.94. The van der Waals surface area contributed by atoms with Gasteiger partial charge in [-0.05, 0) is 18.1 Å². The van der Waals surface area contributed by atoms with Gasteiger partial charge in [-0.1, -0.05) is 25.1 Å². The van der Waals surface area contributed by atoms with Crippen molar-refractivity contribution in [2.24, 2.45) is 5.92 Å². The SMILES string of the molecule is CCc1ccccc1N1C[C@H](C(=O)N2CCOCC2)CC1=O. The van der Waals surface area contributed by atoms with Crippen LogP contribution in [0, 0.1) is 5.92 Å². The Kier molecular flexibility index (Phi) is 4.43. The van der Waals surface area contributed by atoms with Crippen LogP contribution in [0.15, 0.2) is 24.3 Å². The molecule has 118 valence electrons. The predicted molar refractivity (Wildman–Crippen MR) is 83.7 cm³/mol. The van der Waals surface area contributed by atoms with E-state index in [4.69, 9.17) is 4.74 Å². The molecule has 3 rings (SSSR count). The van der Waals surface area contributed by atoms with Gasteiger partial charge in [0.25, 0.3) is 0 Å². The highest BCUT2D eigenvalue weighted by Crippen LogP contribution is 2.29. The molecule has 2 fully saturated rings. The second-order valence-electron chi connectivity index (χ2n) is 5.83. The van der Waals surface area contributed by atoms with Gasteiger partial charge in [0, 0.05) is 31.7 Å². The number of rotatable bonds is 3. The van der Waals surface area contributed by atoms with Crippen molar-refractivity contribution < 1.29 is 14.3 Å². The van der Waals surface area contributed by atoms with Gasteiger partial charge in [0.15, 0.2) is 0 Å². The quantitative estimate of drug-likeness (QED) is 0.849. The van der Waals surface area contributed by atoms with Crippen LogP contribution >= 0.6 is 0 Å². The molecule has 1 aromatic rings. The van der Waals surface area contributed by atoms with E-state index in [9.17, 15) is 9.59 Å². The van der Waals surface area contributed by atoms with E-state index in [1.807, 2.05) is 29.2 Å². The fourth-order valence-electron chi connectivity index (χ4n) is 3.22. The van der Waals surface area contributed by atoms with Gasteiger partial charge in [-0.2, -0.15) is 0 Å². The second kappa shape index (κ2) is 6.48. The summed E-state index contributed by atoms with van der Waals surface area (Å²) in [6.45, 7) is 5.02. The number of hydrogen-bond donors (Lipinski definition) is 0. The third-order valence-corrected chi connectivity index (χ3v) is 4.46. The summed E-state index contributed by atoms with van der Waals surface area (Å²) < 4.78 is 5.28. The van der Waals surface area contributed by atoms with Crippen molar-refractivity contribution in [2.45, 2.75) is 19.8 Å². The highest BCUT2D eigenvalue weighted by molar-refractivity contribution is 6.00. The Labute approximate surface area is 130 Å². The second-order valence-corrected chi connectivity index (χ2v) is 5.83. The van der Waals surface area contributed by atoms with Crippen molar-refractivity contribution in [3.63, 3.8) is 0 Å². The van der Waals surface area contributed by atoms with Crippen LogP contribution in [-0.2, 0) is 20.7 Å². The summed E-state index contributed by atoms with van der Waals surface area (Å²) in [5.74, 6) is -0.0869. The molecule has 2 heterocycles. The van der Waals surface area contributed by atoms with Crippen molar-refractivity contribution in [2.75, 3.05) is 37.7 Å². The third kappa shape index (κ3) is 2.86. The lowest BCUT2D eigenvalue weighted by Crippen LogP contribution is -2.44. The van der Waals surface area contributed by atoms with E-state index in [0.29, 0.717) is 39.3 Å². The molecule has 0 aliphatic carbocycles. The summed E-state index contributed by atoms with van der Waals surface area (Å²) in [4.78, 5) is 28.5. The molecule has 0 saturated carbocycles. The first-order valence-corrected chi connectivity index (χ1v) is 7.95.